The maximum absolute atomic E-state index is 2.71. The fourth-order valence-electron chi connectivity index (χ4n) is 17.5. The summed E-state index contributed by atoms with van der Waals surface area (Å²) in [6.07, 6.45) is 0. The van der Waals surface area contributed by atoms with Crippen LogP contribution in [0.25, 0.3) is 0 Å². The first kappa shape index (κ1) is 60.6. The predicted molar refractivity (Wildman–Crippen MR) is 364 cm³/mol. The normalized spacial score (nSPS) is 13.9. The third kappa shape index (κ3) is 10.1. The van der Waals surface area contributed by atoms with E-state index in [1.165, 1.54) is 162 Å². The Balaban J connectivity index is 1.57. The molecule has 0 amide bonds. The summed E-state index contributed by atoms with van der Waals surface area (Å²) in [5.74, 6) is 0. The molecular formula is C78H102BN3. The highest BCUT2D eigenvalue weighted by atomic mass is 15.2. The van der Waals surface area contributed by atoms with E-state index in [1.54, 1.807) is 0 Å². The number of anilines is 9. The van der Waals surface area contributed by atoms with Crippen LogP contribution in [0.3, 0.4) is 0 Å². The molecule has 0 atom stereocenters. The number of hydrogen-bond acceptors (Lipinski definition) is 3. The van der Waals surface area contributed by atoms with Gasteiger partial charge in [-0.1, -0.05) is 125 Å². The zero-order chi connectivity index (χ0) is 61.1. The fraction of sp³-hybridized carbons (Fsp3) is 0.462. The van der Waals surface area contributed by atoms with Crippen molar-refractivity contribution >= 4 is 74.3 Å². The van der Waals surface area contributed by atoms with E-state index in [9.17, 15) is 0 Å². The molecule has 0 bridgehead atoms. The van der Waals surface area contributed by atoms with E-state index in [4.69, 9.17) is 0 Å². The van der Waals surface area contributed by atoms with Gasteiger partial charge in [-0.15, -0.1) is 0 Å². The van der Waals surface area contributed by atoms with Crippen molar-refractivity contribution in [2.75, 3.05) is 14.7 Å². The molecule has 0 fully saturated rings. The lowest BCUT2D eigenvalue weighted by atomic mass is 9.31. The molecule has 7 aromatic carbocycles. The van der Waals surface area contributed by atoms with Crippen molar-refractivity contribution in [2.45, 2.75) is 240 Å². The molecular weight excluding hydrogens is 990 g/mol. The van der Waals surface area contributed by atoms with Gasteiger partial charge in [0.05, 0.1) is 5.69 Å². The lowest BCUT2D eigenvalue weighted by molar-refractivity contribution is 0.581. The third-order valence-corrected chi connectivity index (χ3v) is 18.4. The van der Waals surface area contributed by atoms with E-state index in [0.717, 1.165) is 5.69 Å². The van der Waals surface area contributed by atoms with Gasteiger partial charge >= 0.3 is 0 Å². The fourth-order valence-corrected chi connectivity index (χ4v) is 17.5. The van der Waals surface area contributed by atoms with Crippen molar-refractivity contribution < 1.29 is 0 Å². The van der Waals surface area contributed by atoms with Crippen LogP contribution >= 0.6 is 0 Å². The maximum Gasteiger partial charge on any atom is 0.252 e. The monoisotopic (exact) mass is 1090 g/mol. The topological polar surface area (TPSA) is 9.72 Å². The van der Waals surface area contributed by atoms with Crippen LogP contribution in [0.5, 0.6) is 0 Å². The minimum atomic E-state index is -0.0904. The molecule has 0 N–H and O–H groups in total. The van der Waals surface area contributed by atoms with Gasteiger partial charge in [0.1, 0.15) is 0 Å². The molecule has 0 aromatic heterocycles. The summed E-state index contributed by atoms with van der Waals surface area (Å²) >= 11 is 0. The van der Waals surface area contributed by atoms with Gasteiger partial charge in [-0.2, -0.15) is 0 Å². The van der Waals surface area contributed by atoms with Crippen LogP contribution in [-0.4, -0.2) is 6.71 Å². The second kappa shape index (κ2) is 19.8. The lowest BCUT2D eigenvalue weighted by Gasteiger charge is -2.47. The van der Waals surface area contributed by atoms with Gasteiger partial charge < -0.3 is 14.7 Å². The average Bonchev–Trinajstić information content (AvgIpc) is 3.25. The van der Waals surface area contributed by atoms with E-state index in [2.05, 4.69) is 295 Å². The minimum Gasteiger partial charge on any atom is -0.311 e. The molecule has 2 heterocycles. The number of hydrogen-bond donors (Lipinski definition) is 0. The van der Waals surface area contributed by atoms with Crippen molar-refractivity contribution in [3.05, 3.63) is 173 Å². The molecule has 0 saturated carbocycles. The van der Waals surface area contributed by atoms with Crippen LogP contribution in [-0.2, 0) is 32.5 Å². The molecule has 0 unspecified atom stereocenters. The van der Waals surface area contributed by atoms with Crippen molar-refractivity contribution in [1.82, 2.24) is 0 Å². The highest BCUT2D eigenvalue weighted by molar-refractivity contribution is 7.01. The van der Waals surface area contributed by atoms with Crippen molar-refractivity contribution in [3.63, 3.8) is 0 Å². The Morgan fingerprint density at radius 3 is 0.707 bits per heavy atom. The summed E-state index contributed by atoms with van der Waals surface area (Å²) in [6, 6.07) is 30.3. The number of nitrogens with zero attached hydrogens (tertiary/aromatic N) is 3. The summed E-state index contributed by atoms with van der Waals surface area (Å²) < 4.78 is 0. The molecule has 7 aromatic rings. The second-order valence-corrected chi connectivity index (χ2v) is 31.9. The number of rotatable bonds is 5. The van der Waals surface area contributed by atoms with Crippen LogP contribution in [0.2, 0.25) is 0 Å². The predicted octanol–water partition coefficient (Wildman–Crippen LogP) is 20.7. The largest absolute Gasteiger partial charge is 0.311 e. The smallest absolute Gasteiger partial charge is 0.252 e. The van der Waals surface area contributed by atoms with Gasteiger partial charge in [0.15, 0.2) is 0 Å². The van der Waals surface area contributed by atoms with Gasteiger partial charge in [0.25, 0.3) is 6.71 Å². The Hall–Kier alpha value is -6.00. The lowest BCUT2D eigenvalue weighted by Crippen LogP contribution is -2.63. The summed E-state index contributed by atoms with van der Waals surface area (Å²) in [5.41, 5.74) is 39.4. The van der Waals surface area contributed by atoms with Crippen LogP contribution in [0.4, 0.5) is 51.2 Å². The Morgan fingerprint density at radius 1 is 0.256 bits per heavy atom. The van der Waals surface area contributed by atoms with Gasteiger partial charge in [-0.3, -0.25) is 0 Å². The van der Waals surface area contributed by atoms with Crippen LogP contribution < -0.4 is 31.1 Å². The second-order valence-electron chi connectivity index (χ2n) is 31.9. The Bertz CT molecular complexity index is 3440. The van der Waals surface area contributed by atoms with Crippen LogP contribution in [0.1, 0.15) is 225 Å². The van der Waals surface area contributed by atoms with Crippen molar-refractivity contribution in [3.8, 4) is 0 Å². The number of benzene rings is 7. The Kier molecular flexibility index (Phi) is 14.6. The first-order valence-corrected chi connectivity index (χ1v) is 30.8. The van der Waals surface area contributed by atoms with E-state index in [-0.39, 0.29) is 39.2 Å². The number of aryl methyl sites for hydroxylation is 10. The average molecular weight is 1090 g/mol. The molecule has 432 valence electrons. The molecule has 0 spiro atoms. The van der Waals surface area contributed by atoms with Gasteiger partial charge in [0, 0.05) is 45.5 Å². The third-order valence-electron chi connectivity index (χ3n) is 18.4. The minimum absolute atomic E-state index is 0.0182. The quantitative estimate of drug-likeness (QED) is 0.159. The summed E-state index contributed by atoms with van der Waals surface area (Å²) in [5, 5.41) is 0. The zero-order valence-corrected chi connectivity index (χ0v) is 56.8. The number of fused-ring (bicyclic) bond motifs is 4. The van der Waals surface area contributed by atoms with Crippen molar-refractivity contribution in [2.24, 2.45) is 0 Å². The highest BCUT2D eigenvalue weighted by Gasteiger charge is 2.48. The van der Waals surface area contributed by atoms with Gasteiger partial charge in [-0.05, 0) is 305 Å². The zero-order valence-electron chi connectivity index (χ0n) is 56.8. The summed E-state index contributed by atoms with van der Waals surface area (Å²) in [6.45, 7) is 71.1. The standard InChI is InChI=1S/C78H102BN3/c1-43-31-55(32-44(2)64(43)73(13,14)15)80(56-33-45(3)65(46(4)34-56)74(16,17)18)59-41-62-72-63(42-59)82(58-37-49(7)67(50(8)38-58)76(22,23)24)61-40-52(10)69(78(28,29)30)54(12)71(61)79(72)70-53(11)68(77(25,26)27)51(9)39-60(70)81(62)57-35-47(5)66(48(6)36-57)75(19,20)21/h31-42H,1-30H3. The Morgan fingerprint density at radius 2 is 0.463 bits per heavy atom. The van der Waals surface area contributed by atoms with Gasteiger partial charge in [-0.25, -0.2) is 0 Å². The molecule has 0 radical (unpaired) electrons. The molecule has 3 nitrogen and oxygen atoms in total. The molecule has 0 aliphatic carbocycles. The first-order chi connectivity index (χ1) is 37.5. The SMILES string of the molecule is Cc1cc(N(c2cc(C)c(C(C)(C)C)c(C)c2)c2cc3c4c(c2)N(c2cc(C)c(C(C)(C)C)c(C)c2)c2cc(C)c(C(C)(C)C)c(C)c2B4c2c(cc(C)c(C(C)(C)C)c2C)N3c2cc(C)c(C(C)(C)C)c(C)c2)cc(C)c1C(C)(C)C. The molecule has 2 aliphatic heterocycles. The van der Waals surface area contributed by atoms with Crippen LogP contribution in [0, 0.1) is 83.1 Å². The molecule has 2 aliphatic rings. The van der Waals surface area contributed by atoms with E-state index in [1.807, 2.05) is 0 Å². The summed E-state index contributed by atoms with van der Waals surface area (Å²) in [4.78, 5) is 8.03. The maximum atomic E-state index is 2.71. The molecule has 82 heavy (non-hydrogen) atoms. The molecule has 0 saturated heterocycles. The summed E-state index contributed by atoms with van der Waals surface area (Å²) in [7, 11) is 0. The first-order valence-electron chi connectivity index (χ1n) is 30.8. The van der Waals surface area contributed by atoms with E-state index in [0.29, 0.717) is 0 Å². The van der Waals surface area contributed by atoms with Gasteiger partial charge in [0.2, 0.25) is 0 Å². The van der Waals surface area contributed by atoms with Crippen molar-refractivity contribution in [1.29, 1.82) is 0 Å². The highest BCUT2D eigenvalue weighted by Crippen LogP contribution is 2.53. The van der Waals surface area contributed by atoms with Crippen LogP contribution in [0.15, 0.2) is 72.8 Å². The molecule has 4 heteroatoms. The van der Waals surface area contributed by atoms with E-state index >= 15 is 0 Å². The molecule has 9 rings (SSSR count). The Labute approximate surface area is 499 Å². The van der Waals surface area contributed by atoms with E-state index < -0.39 is 0 Å².